The van der Waals surface area contributed by atoms with Gasteiger partial charge in [-0.2, -0.15) is 0 Å². The first-order chi connectivity index (χ1) is 18.0. The molecule has 4 aromatic rings. The van der Waals surface area contributed by atoms with Crippen LogP contribution < -0.4 is 10.1 Å². The molecule has 0 aliphatic carbocycles. The number of nitrogens with one attached hydrogen (secondary N) is 1. The molecule has 1 heterocycles. The Hall–Kier alpha value is -4.20. The van der Waals surface area contributed by atoms with Gasteiger partial charge in [0.05, 0.1) is 12.6 Å². The zero-order valence-electron chi connectivity index (χ0n) is 21.5. The standard InChI is InChI=1S/C29H33N5O3/c1-21(2)16-17-30-29(36)28(23-12-9-13-24(18-23)37-3)33(19-22-10-5-4-6-11-22)27(35)20-34-26-15-8-7-14-25(26)31-32-34/h4-15,18,21,28H,16-17,19-20H2,1-3H3,(H,30,36)/t28-/m0/s1. The molecule has 0 unspecified atom stereocenters. The Morgan fingerprint density at radius 2 is 1.76 bits per heavy atom. The minimum atomic E-state index is -0.857. The van der Waals surface area contributed by atoms with Crippen LogP contribution in [-0.2, 0) is 22.7 Å². The van der Waals surface area contributed by atoms with Gasteiger partial charge in [-0.1, -0.05) is 73.7 Å². The molecule has 3 aromatic carbocycles. The molecule has 4 rings (SSSR count). The van der Waals surface area contributed by atoms with Crippen LogP contribution in [0, 0.1) is 5.92 Å². The summed E-state index contributed by atoms with van der Waals surface area (Å²) in [7, 11) is 1.58. The maximum Gasteiger partial charge on any atom is 0.247 e. The molecule has 0 fully saturated rings. The van der Waals surface area contributed by atoms with Gasteiger partial charge in [0.15, 0.2) is 0 Å². The number of carbonyl (C=O) groups excluding carboxylic acids is 2. The summed E-state index contributed by atoms with van der Waals surface area (Å²) < 4.78 is 7.01. The normalized spacial score (nSPS) is 11.9. The van der Waals surface area contributed by atoms with E-state index in [1.54, 1.807) is 16.7 Å². The second kappa shape index (κ2) is 12.2. The fourth-order valence-electron chi connectivity index (χ4n) is 4.22. The topological polar surface area (TPSA) is 89.4 Å². The van der Waals surface area contributed by atoms with Crippen molar-refractivity contribution in [3.8, 4) is 5.75 Å². The summed E-state index contributed by atoms with van der Waals surface area (Å²) in [6, 6.07) is 23.6. The molecule has 2 amide bonds. The van der Waals surface area contributed by atoms with E-state index in [0.717, 1.165) is 17.5 Å². The van der Waals surface area contributed by atoms with Crippen LogP contribution in [0.4, 0.5) is 0 Å². The molecule has 1 N–H and O–H groups in total. The predicted octanol–water partition coefficient (Wildman–Crippen LogP) is 4.37. The lowest BCUT2D eigenvalue weighted by Crippen LogP contribution is -2.45. The monoisotopic (exact) mass is 499 g/mol. The Morgan fingerprint density at radius 3 is 2.51 bits per heavy atom. The van der Waals surface area contributed by atoms with Crippen molar-refractivity contribution in [3.05, 3.63) is 90.0 Å². The largest absolute Gasteiger partial charge is 0.497 e. The second-order valence-corrected chi connectivity index (χ2v) is 9.40. The number of rotatable bonds is 11. The molecular weight excluding hydrogens is 466 g/mol. The molecule has 0 spiro atoms. The number of fused-ring (bicyclic) bond motifs is 1. The van der Waals surface area contributed by atoms with Gasteiger partial charge in [0.2, 0.25) is 11.8 Å². The van der Waals surface area contributed by atoms with Crippen LogP contribution in [0.1, 0.15) is 37.4 Å². The zero-order chi connectivity index (χ0) is 26.2. The molecular formula is C29H33N5O3. The van der Waals surface area contributed by atoms with E-state index in [1.165, 1.54) is 0 Å². The lowest BCUT2D eigenvalue weighted by Gasteiger charge is -2.32. The fraction of sp³-hybridized carbons (Fsp3) is 0.310. The maximum absolute atomic E-state index is 13.9. The summed E-state index contributed by atoms with van der Waals surface area (Å²) in [6.07, 6.45) is 0.841. The Morgan fingerprint density at radius 1 is 1.00 bits per heavy atom. The van der Waals surface area contributed by atoms with E-state index in [2.05, 4.69) is 29.5 Å². The van der Waals surface area contributed by atoms with Gasteiger partial charge >= 0.3 is 0 Å². The number of benzene rings is 3. The summed E-state index contributed by atoms with van der Waals surface area (Å²) in [5.74, 6) is 0.582. The van der Waals surface area contributed by atoms with Crippen LogP contribution in [0.15, 0.2) is 78.9 Å². The predicted molar refractivity (Wildman–Crippen MR) is 143 cm³/mol. The molecule has 1 atom stereocenters. The van der Waals surface area contributed by atoms with E-state index in [1.807, 2.05) is 78.9 Å². The van der Waals surface area contributed by atoms with Crippen molar-refractivity contribution in [2.24, 2.45) is 5.92 Å². The SMILES string of the molecule is COc1cccc([C@@H](C(=O)NCCC(C)C)N(Cc2ccccc2)C(=O)Cn2nnc3ccccc32)c1. The number of carbonyl (C=O) groups is 2. The van der Waals surface area contributed by atoms with Gasteiger partial charge in [-0.25, -0.2) is 4.68 Å². The summed E-state index contributed by atoms with van der Waals surface area (Å²) in [4.78, 5) is 29.3. The molecule has 37 heavy (non-hydrogen) atoms. The van der Waals surface area contributed by atoms with Gasteiger partial charge in [-0.05, 0) is 47.7 Å². The van der Waals surface area contributed by atoms with E-state index in [9.17, 15) is 9.59 Å². The van der Waals surface area contributed by atoms with Gasteiger partial charge < -0.3 is 15.0 Å². The summed E-state index contributed by atoms with van der Waals surface area (Å²) in [5, 5.41) is 11.4. The molecule has 0 saturated heterocycles. The first-order valence-electron chi connectivity index (χ1n) is 12.5. The van der Waals surface area contributed by atoms with Gasteiger partial charge in [0.25, 0.3) is 0 Å². The average molecular weight is 500 g/mol. The molecule has 0 aliphatic heterocycles. The smallest absolute Gasteiger partial charge is 0.247 e. The highest BCUT2D eigenvalue weighted by molar-refractivity contribution is 5.89. The van der Waals surface area contributed by atoms with E-state index in [0.29, 0.717) is 29.3 Å². The maximum atomic E-state index is 13.9. The minimum Gasteiger partial charge on any atom is -0.497 e. The number of hydrogen-bond acceptors (Lipinski definition) is 5. The Labute approximate surface area is 217 Å². The summed E-state index contributed by atoms with van der Waals surface area (Å²) in [6.45, 7) is 4.95. The third kappa shape index (κ3) is 6.52. The number of methoxy groups -OCH3 is 1. The molecule has 192 valence electrons. The third-order valence-electron chi connectivity index (χ3n) is 6.21. The Balaban J connectivity index is 1.72. The Kier molecular flexibility index (Phi) is 8.51. The van der Waals surface area contributed by atoms with E-state index in [-0.39, 0.29) is 24.9 Å². The fourth-order valence-corrected chi connectivity index (χ4v) is 4.22. The zero-order valence-corrected chi connectivity index (χ0v) is 21.5. The lowest BCUT2D eigenvalue weighted by atomic mass is 10.0. The first-order valence-corrected chi connectivity index (χ1v) is 12.5. The van der Waals surface area contributed by atoms with Crippen molar-refractivity contribution in [3.63, 3.8) is 0 Å². The lowest BCUT2D eigenvalue weighted by molar-refractivity contribution is -0.142. The molecule has 0 radical (unpaired) electrons. The third-order valence-corrected chi connectivity index (χ3v) is 6.21. The van der Waals surface area contributed by atoms with Gasteiger partial charge in [0, 0.05) is 13.1 Å². The molecule has 0 saturated carbocycles. The minimum absolute atomic E-state index is 0.0485. The number of ether oxygens (including phenoxy) is 1. The molecule has 0 bridgehead atoms. The molecule has 0 aliphatic rings. The van der Waals surface area contributed by atoms with Crippen molar-refractivity contribution in [1.82, 2.24) is 25.2 Å². The number of amides is 2. The van der Waals surface area contributed by atoms with E-state index >= 15 is 0 Å². The van der Waals surface area contributed by atoms with Gasteiger partial charge in [0.1, 0.15) is 23.9 Å². The first kappa shape index (κ1) is 25.9. The van der Waals surface area contributed by atoms with Crippen LogP contribution in [0.25, 0.3) is 11.0 Å². The highest BCUT2D eigenvalue weighted by Gasteiger charge is 2.32. The summed E-state index contributed by atoms with van der Waals surface area (Å²) in [5.41, 5.74) is 3.06. The quantitative estimate of drug-likeness (QED) is 0.331. The highest BCUT2D eigenvalue weighted by atomic mass is 16.5. The molecule has 8 nitrogen and oxygen atoms in total. The Bertz CT molecular complexity index is 1340. The van der Waals surface area contributed by atoms with Crippen LogP contribution in [0.5, 0.6) is 5.75 Å². The highest BCUT2D eigenvalue weighted by Crippen LogP contribution is 2.27. The second-order valence-electron chi connectivity index (χ2n) is 9.40. The molecule has 1 aromatic heterocycles. The summed E-state index contributed by atoms with van der Waals surface area (Å²) >= 11 is 0. The van der Waals surface area contributed by atoms with Gasteiger partial charge in [-0.3, -0.25) is 9.59 Å². The van der Waals surface area contributed by atoms with Crippen LogP contribution >= 0.6 is 0 Å². The van der Waals surface area contributed by atoms with Crippen molar-refractivity contribution < 1.29 is 14.3 Å². The van der Waals surface area contributed by atoms with Crippen LogP contribution in [-0.4, -0.2) is 45.4 Å². The van der Waals surface area contributed by atoms with E-state index in [4.69, 9.17) is 4.74 Å². The van der Waals surface area contributed by atoms with Crippen molar-refractivity contribution in [2.75, 3.05) is 13.7 Å². The number of hydrogen-bond donors (Lipinski definition) is 1. The van der Waals surface area contributed by atoms with Crippen LogP contribution in [0.3, 0.4) is 0 Å². The average Bonchev–Trinajstić information content (AvgIpc) is 3.31. The number of para-hydroxylation sites is 1. The van der Waals surface area contributed by atoms with E-state index < -0.39 is 6.04 Å². The van der Waals surface area contributed by atoms with Crippen molar-refractivity contribution >= 4 is 22.8 Å². The van der Waals surface area contributed by atoms with Crippen molar-refractivity contribution in [2.45, 2.75) is 39.4 Å². The van der Waals surface area contributed by atoms with Crippen LogP contribution in [0.2, 0.25) is 0 Å². The van der Waals surface area contributed by atoms with Gasteiger partial charge in [-0.15, -0.1) is 5.10 Å². The number of nitrogens with zero attached hydrogens (tertiary/aromatic N) is 4. The van der Waals surface area contributed by atoms with Crippen molar-refractivity contribution in [1.29, 1.82) is 0 Å². The molecule has 8 heteroatoms. The number of aromatic nitrogens is 3.